The van der Waals surface area contributed by atoms with Crippen molar-refractivity contribution in [3.63, 3.8) is 0 Å². The van der Waals surface area contributed by atoms with Crippen LogP contribution in [-0.4, -0.2) is 35.9 Å². The minimum absolute atomic E-state index is 0.0262. The van der Waals surface area contributed by atoms with Crippen LogP contribution in [0.4, 0.5) is 19.0 Å². The molecule has 0 aliphatic rings. The number of nitrogens with one attached hydrogen (secondary N) is 1. The number of aromatic nitrogens is 2. The first-order chi connectivity index (χ1) is 7.87. The van der Waals surface area contributed by atoms with Crippen molar-refractivity contribution in [1.29, 1.82) is 0 Å². The summed E-state index contributed by atoms with van der Waals surface area (Å²) in [4.78, 5) is 8.16. The van der Waals surface area contributed by atoms with Crippen molar-refractivity contribution in [3.8, 4) is 0 Å². The van der Waals surface area contributed by atoms with Crippen molar-refractivity contribution in [1.82, 2.24) is 9.97 Å². The maximum absolute atomic E-state index is 11.7. The fourth-order valence-corrected chi connectivity index (χ4v) is 1.25. The molecule has 0 spiro atoms. The van der Waals surface area contributed by atoms with Gasteiger partial charge in [-0.3, -0.25) is 0 Å². The van der Waals surface area contributed by atoms with Gasteiger partial charge in [0.1, 0.15) is 18.2 Å². The third kappa shape index (κ3) is 6.06. The number of halogens is 3. The highest BCUT2D eigenvalue weighted by Crippen LogP contribution is 2.14. The van der Waals surface area contributed by atoms with E-state index < -0.39 is 12.8 Å². The van der Waals surface area contributed by atoms with Crippen LogP contribution in [0.1, 0.15) is 11.5 Å². The van der Waals surface area contributed by atoms with Gasteiger partial charge in [0.05, 0.1) is 6.61 Å². The van der Waals surface area contributed by atoms with E-state index in [1.807, 2.05) is 6.92 Å². The number of ether oxygens (including phenoxy) is 1. The van der Waals surface area contributed by atoms with Gasteiger partial charge in [-0.05, 0) is 13.8 Å². The molecule has 0 amide bonds. The number of hydrogen-bond donors (Lipinski definition) is 1. The largest absolute Gasteiger partial charge is 0.411 e. The van der Waals surface area contributed by atoms with E-state index in [1.54, 1.807) is 13.0 Å². The minimum Gasteiger partial charge on any atom is -0.370 e. The predicted molar refractivity (Wildman–Crippen MR) is 56.9 cm³/mol. The molecule has 0 unspecified atom stereocenters. The zero-order valence-electron chi connectivity index (χ0n) is 9.64. The van der Waals surface area contributed by atoms with Crippen LogP contribution >= 0.6 is 0 Å². The second kappa shape index (κ2) is 5.81. The Bertz CT molecular complexity index is 348. The molecule has 0 aliphatic carbocycles. The van der Waals surface area contributed by atoms with Crippen LogP contribution in [0, 0.1) is 13.8 Å². The number of aryl methyl sites for hydroxylation is 2. The lowest BCUT2D eigenvalue weighted by Crippen LogP contribution is -2.20. The molecule has 96 valence electrons. The Kier molecular flexibility index (Phi) is 4.68. The molecule has 0 saturated carbocycles. The lowest BCUT2D eigenvalue weighted by atomic mass is 10.4. The molecule has 0 aliphatic heterocycles. The molecule has 1 rings (SSSR count). The number of nitrogens with zero attached hydrogens (tertiary/aromatic N) is 2. The van der Waals surface area contributed by atoms with Crippen LogP contribution in [0.3, 0.4) is 0 Å². The zero-order chi connectivity index (χ0) is 12.9. The van der Waals surface area contributed by atoms with Gasteiger partial charge in [-0.1, -0.05) is 0 Å². The molecule has 0 fully saturated rings. The summed E-state index contributed by atoms with van der Waals surface area (Å²) in [5.41, 5.74) is 0.802. The van der Waals surface area contributed by atoms with Crippen molar-refractivity contribution >= 4 is 5.82 Å². The molecule has 1 N–H and O–H groups in total. The molecule has 7 heteroatoms. The van der Waals surface area contributed by atoms with Gasteiger partial charge in [0, 0.05) is 18.3 Å². The quantitative estimate of drug-likeness (QED) is 0.812. The first-order valence-electron chi connectivity index (χ1n) is 5.07. The molecule has 17 heavy (non-hydrogen) atoms. The molecular formula is C10H14F3N3O. The molecule has 1 aromatic rings. The van der Waals surface area contributed by atoms with Gasteiger partial charge >= 0.3 is 6.18 Å². The molecule has 0 atom stereocenters. The van der Waals surface area contributed by atoms with E-state index in [-0.39, 0.29) is 13.2 Å². The summed E-state index contributed by atoms with van der Waals surface area (Å²) >= 11 is 0. The summed E-state index contributed by atoms with van der Waals surface area (Å²) in [6.45, 7) is 2.59. The van der Waals surface area contributed by atoms with Crippen molar-refractivity contribution in [3.05, 3.63) is 17.6 Å². The average Bonchev–Trinajstić information content (AvgIpc) is 2.13. The summed E-state index contributed by atoms with van der Waals surface area (Å²) in [7, 11) is 0. The van der Waals surface area contributed by atoms with Crippen LogP contribution < -0.4 is 5.32 Å². The number of alkyl halides is 3. The van der Waals surface area contributed by atoms with Crippen LogP contribution in [0.2, 0.25) is 0 Å². The molecule has 0 saturated heterocycles. The normalized spacial score (nSPS) is 11.6. The number of rotatable bonds is 5. The van der Waals surface area contributed by atoms with E-state index in [1.165, 1.54) is 0 Å². The lowest BCUT2D eigenvalue weighted by molar-refractivity contribution is -0.172. The molecular weight excluding hydrogens is 235 g/mol. The molecule has 1 aromatic heterocycles. The Labute approximate surface area is 97.2 Å². The zero-order valence-corrected chi connectivity index (χ0v) is 9.64. The summed E-state index contributed by atoms with van der Waals surface area (Å²) in [6, 6.07) is 1.72. The van der Waals surface area contributed by atoms with Crippen molar-refractivity contribution < 1.29 is 17.9 Å². The standard InChI is InChI=1S/C10H14F3N3O/c1-7-5-9(16-8(2)15-7)14-3-4-17-6-10(11,12)13/h5H,3-4,6H2,1-2H3,(H,14,15,16). The van der Waals surface area contributed by atoms with Gasteiger partial charge in [0.2, 0.25) is 0 Å². The Morgan fingerprint density at radius 2 is 2.00 bits per heavy atom. The first kappa shape index (κ1) is 13.7. The van der Waals surface area contributed by atoms with Gasteiger partial charge in [-0.2, -0.15) is 13.2 Å². The summed E-state index contributed by atoms with van der Waals surface area (Å²) in [6.07, 6.45) is -4.28. The smallest absolute Gasteiger partial charge is 0.370 e. The highest BCUT2D eigenvalue weighted by atomic mass is 19.4. The third-order valence-corrected chi connectivity index (χ3v) is 1.78. The average molecular weight is 249 g/mol. The summed E-state index contributed by atoms with van der Waals surface area (Å²) in [5.74, 6) is 1.20. The summed E-state index contributed by atoms with van der Waals surface area (Å²) in [5, 5.41) is 2.87. The number of hydrogen-bond acceptors (Lipinski definition) is 4. The molecule has 4 nitrogen and oxygen atoms in total. The van der Waals surface area contributed by atoms with Crippen molar-refractivity contribution in [2.75, 3.05) is 25.1 Å². The van der Waals surface area contributed by atoms with Crippen LogP contribution in [0.25, 0.3) is 0 Å². The van der Waals surface area contributed by atoms with E-state index in [0.717, 1.165) is 5.69 Å². The maximum atomic E-state index is 11.7. The van der Waals surface area contributed by atoms with E-state index in [4.69, 9.17) is 0 Å². The number of anilines is 1. The van der Waals surface area contributed by atoms with Crippen LogP contribution in [0.5, 0.6) is 0 Å². The van der Waals surface area contributed by atoms with Crippen LogP contribution in [-0.2, 0) is 4.74 Å². The van der Waals surface area contributed by atoms with Gasteiger partial charge in [-0.25, -0.2) is 9.97 Å². The monoisotopic (exact) mass is 249 g/mol. The fraction of sp³-hybridized carbons (Fsp3) is 0.600. The minimum atomic E-state index is -4.28. The molecule has 0 aromatic carbocycles. The van der Waals surface area contributed by atoms with Crippen molar-refractivity contribution in [2.24, 2.45) is 0 Å². The molecule has 0 radical (unpaired) electrons. The van der Waals surface area contributed by atoms with Gasteiger partial charge in [0.15, 0.2) is 0 Å². The third-order valence-electron chi connectivity index (χ3n) is 1.78. The molecule has 0 bridgehead atoms. The van der Waals surface area contributed by atoms with Gasteiger partial charge in [0.25, 0.3) is 0 Å². The van der Waals surface area contributed by atoms with Crippen LogP contribution in [0.15, 0.2) is 6.07 Å². The topological polar surface area (TPSA) is 47.0 Å². The Hall–Kier alpha value is -1.37. The summed E-state index contributed by atoms with van der Waals surface area (Å²) < 4.78 is 39.7. The lowest BCUT2D eigenvalue weighted by Gasteiger charge is -2.09. The SMILES string of the molecule is Cc1cc(NCCOCC(F)(F)F)nc(C)n1. The van der Waals surface area contributed by atoms with Gasteiger partial charge < -0.3 is 10.1 Å². The highest BCUT2D eigenvalue weighted by Gasteiger charge is 2.27. The van der Waals surface area contributed by atoms with Gasteiger partial charge in [-0.15, -0.1) is 0 Å². The van der Waals surface area contributed by atoms with Crippen molar-refractivity contribution in [2.45, 2.75) is 20.0 Å². The first-order valence-corrected chi connectivity index (χ1v) is 5.07. The Morgan fingerprint density at radius 3 is 2.59 bits per heavy atom. The predicted octanol–water partition coefficient (Wildman–Crippen LogP) is 2.08. The second-order valence-electron chi connectivity index (χ2n) is 3.54. The maximum Gasteiger partial charge on any atom is 0.411 e. The second-order valence-corrected chi connectivity index (χ2v) is 3.54. The van der Waals surface area contributed by atoms with E-state index >= 15 is 0 Å². The molecule has 1 heterocycles. The Morgan fingerprint density at radius 1 is 1.29 bits per heavy atom. The van der Waals surface area contributed by atoms with E-state index in [9.17, 15) is 13.2 Å². The Balaban J connectivity index is 2.27. The fourth-order valence-electron chi connectivity index (χ4n) is 1.25. The van der Waals surface area contributed by atoms with E-state index in [2.05, 4.69) is 20.0 Å². The van der Waals surface area contributed by atoms with E-state index in [0.29, 0.717) is 11.6 Å². The highest BCUT2D eigenvalue weighted by molar-refractivity contribution is 5.35.